The van der Waals surface area contributed by atoms with Gasteiger partial charge >= 0.3 is 0 Å². The van der Waals surface area contributed by atoms with Gasteiger partial charge in [0.25, 0.3) is 0 Å². The number of nitrogens with one attached hydrogen (secondary N) is 1. The van der Waals surface area contributed by atoms with Crippen LogP contribution in [0.5, 0.6) is 0 Å². The van der Waals surface area contributed by atoms with Crippen LogP contribution in [0.15, 0.2) is 16.3 Å². The highest BCUT2D eigenvalue weighted by atomic mass is 79.9. The Bertz CT molecular complexity index is 418. The van der Waals surface area contributed by atoms with Crippen LogP contribution in [0.3, 0.4) is 0 Å². The molecule has 0 aliphatic rings. The minimum absolute atomic E-state index is 0.0758. The summed E-state index contributed by atoms with van der Waals surface area (Å²) in [5.41, 5.74) is 2.82. The molecule has 0 aliphatic heterocycles. The molecule has 2 aromatic heterocycles. The van der Waals surface area contributed by atoms with Gasteiger partial charge in [0.1, 0.15) is 0 Å². The highest BCUT2D eigenvalue weighted by Gasteiger charge is 2.21. The zero-order chi connectivity index (χ0) is 10.8. The van der Waals surface area contributed by atoms with E-state index in [2.05, 4.69) is 36.5 Å². The van der Waals surface area contributed by atoms with Gasteiger partial charge in [-0.3, -0.25) is 4.98 Å². The molecule has 7 heteroatoms. The number of rotatable bonds is 3. The second-order valence-electron chi connectivity index (χ2n) is 3.01. The first-order valence-electron chi connectivity index (χ1n) is 4.34. The molecule has 0 saturated heterocycles. The fourth-order valence-electron chi connectivity index (χ4n) is 1.43. The molecule has 0 aromatic carbocycles. The summed E-state index contributed by atoms with van der Waals surface area (Å²) in [6.45, 7) is 0. The van der Waals surface area contributed by atoms with Crippen molar-refractivity contribution >= 4 is 27.3 Å². The first-order chi connectivity index (χ1) is 7.24. The van der Waals surface area contributed by atoms with Crippen LogP contribution in [0.25, 0.3) is 0 Å². The molecule has 0 bridgehead atoms. The number of halogens is 1. The van der Waals surface area contributed by atoms with Gasteiger partial charge in [0.05, 0.1) is 17.2 Å². The third-order valence-corrected chi connectivity index (χ3v) is 3.53. The lowest BCUT2D eigenvalue weighted by Gasteiger charge is -2.13. The summed E-state index contributed by atoms with van der Waals surface area (Å²) in [5, 5.41) is 11.2. The molecule has 0 spiro atoms. The molecule has 2 heterocycles. The number of aromatic nitrogens is 4. The maximum atomic E-state index is 4.07. The van der Waals surface area contributed by atoms with E-state index in [0.717, 1.165) is 15.2 Å². The van der Waals surface area contributed by atoms with Gasteiger partial charge in [-0.2, -0.15) is 0 Å². The molecule has 0 radical (unpaired) electrons. The Kier molecular flexibility index (Phi) is 3.13. The Morgan fingerprint density at radius 2 is 2.40 bits per heavy atom. The molecular weight excluding hydrogens is 278 g/mol. The second-order valence-corrected chi connectivity index (χ2v) is 4.68. The molecule has 80 valence electrons. The van der Waals surface area contributed by atoms with Gasteiger partial charge in [-0.15, -0.1) is 16.4 Å². The molecular formula is C8H10BrN5S. The predicted molar refractivity (Wildman–Crippen MR) is 61.7 cm³/mol. The van der Waals surface area contributed by atoms with Gasteiger partial charge in [-0.05, 0) is 23.0 Å². The minimum Gasteiger partial charge on any atom is -0.307 e. The SMILES string of the molecule is CNC(c1cncs1)c1c(Br)nnn1C. The van der Waals surface area contributed by atoms with E-state index in [0.29, 0.717) is 0 Å². The third kappa shape index (κ3) is 1.95. The van der Waals surface area contributed by atoms with Gasteiger partial charge in [-0.25, -0.2) is 4.68 Å². The monoisotopic (exact) mass is 287 g/mol. The average Bonchev–Trinajstić information content (AvgIpc) is 2.83. The van der Waals surface area contributed by atoms with Crippen molar-refractivity contribution in [1.82, 2.24) is 25.3 Å². The molecule has 2 aromatic rings. The third-order valence-electron chi connectivity index (χ3n) is 2.12. The predicted octanol–water partition coefficient (Wildman–Crippen LogP) is 1.34. The minimum atomic E-state index is 0.0758. The number of hydrogen-bond donors (Lipinski definition) is 1. The standard InChI is InChI=1S/C8H10BrN5S/c1-10-6(5-3-11-4-15-5)7-8(9)12-13-14(7)2/h3-4,6,10H,1-2H3. The van der Waals surface area contributed by atoms with Crippen molar-refractivity contribution in [3.63, 3.8) is 0 Å². The Hall–Kier alpha value is -0.790. The fraction of sp³-hybridized carbons (Fsp3) is 0.375. The fourth-order valence-corrected chi connectivity index (χ4v) is 2.71. The summed E-state index contributed by atoms with van der Waals surface area (Å²) in [5.74, 6) is 0. The van der Waals surface area contributed by atoms with E-state index in [1.165, 1.54) is 0 Å². The summed E-state index contributed by atoms with van der Waals surface area (Å²) in [6, 6.07) is 0.0758. The molecule has 0 aliphatic carbocycles. The largest absolute Gasteiger partial charge is 0.307 e. The van der Waals surface area contributed by atoms with E-state index in [1.807, 2.05) is 25.8 Å². The number of aryl methyl sites for hydroxylation is 1. The molecule has 15 heavy (non-hydrogen) atoms. The van der Waals surface area contributed by atoms with Crippen LogP contribution in [-0.4, -0.2) is 27.0 Å². The van der Waals surface area contributed by atoms with Crippen LogP contribution in [0, 0.1) is 0 Å². The van der Waals surface area contributed by atoms with Gasteiger partial charge in [-0.1, -0.05) is 5.21 Å². The highest BCUT2D eigenvalue weighted by Crippen LogP contribution is 2.28. The summed E-state index contributed by atoms with van der Waals surface area (Å²) in [6.07, 6.45) is 1.85. The zero-order valence-corrected chi connectivity index (χ0v) is 10.7. The van der Waals surface area contributed by atoms with E-state index in [1.54, 1.807) is 16.0 Å². The van der Waals surface area contributed by atoms with Gasteiger partial charge in [0.15, 0.2) is 4.60 Å². The Morgan fingerprint density at radius 1 is 1.60 bits per heavy atom. The molecule has 0 amide bonds. The van der Waals surface area contributed by atoms with E-state index >= 15 is 0 Å². The van der Waals surface area contributed by atoms with E-state index in [4.69, 9.17) is 0 Å². The van der Waals surface area contributed by atoms with Gasteiger partial charge in [0, 0.05) is 18.1 Å². The van der Waals surface area contributed by atoms with Crippen LogP contribution >= 0.6 is 27.3 Å². The van der Waals surface area contributed by atoms with Crippen molar-refractivity contribution in [3.8, 4) is 0 Å². The van der Waals surface area contributed by atoms with Gasteiger partial charge < -0.3 is 5.32 Å². The smallest absolute Gasteiger partial charge is 0.153 e. The highest BCUT2D eigenvalue weighted by molar-refractivity contribution is 9.10. The van der Waals surface area contributed by atoms with Crippen molar-refractivity contribution in [2.45, 2.75) is 6.04 Å². The Morgan fingerprint density at radius 3 is 2.87 bits per heavy atom. The molecule has 0 saturated carbocycles. The van der Waals surface area contributed by atoms with Crippen molar-refractivity contribution in [2.24, 2.45) is 7.05 Å². The second kappa shape index (κ2) is 4.38. The van der Waals surface area contributed by atoms with Gasteiger partial charge in [0.2, 0.25) is 0 Å². The molecule has 2 rings (SSSR count). The first-order valence-corrected chi connectivity index (χ1v) is 6.02. The van der Waals surface area contributed by atoms with Crippen LogP contribution in [0.4, 0.5) is 0 Å². The molecule has 1 N–H and O–H groups in total. The van der Waals surface area contributed by atoms with E-state index < -0.39 is 0 Å². The number of nitrogens with zero attached hydrogens (tertiary/aromatic N) is 4. The van der Waals surface area contributed by atoms with E-state index in [9.17, 15) is 0 Å². The summed E-state index contributed by atoms with van der Waals surface area (Å²) in [7, 11) is 3.78. The van der Waals surface area contributed by atoms with E-state index in [-0.39, 0.29) is 6.04 Å². The summed E-state index contributed by atoms with van der Waals surface area (Å²) < 4.78 is 2.52. The van der Waals surface area contributed by atoms with Crippen molar-refractivity contribution in [2.75, 3.05) is 7.05 Å². The number of thiazole rings is 1. The summed E-state index contributed by atoms with van der Waals surface area (Å²) >= 11 is 5.00. The molecule has 5 nitrogen and oxygen atoms in total. The lowest BCUT2D eigenvalue weighted by atomic mass is 10.2. The van der Waals surface area contributed by atoms with Crippen molar-refractivity contribution in [3.05, 3.63) is 26.9 Å². The molecule has 0 fully saturated rings. The number of hydrogen-bond acceptors (Lipinski definition) is 5. The maximum Gasteiger partial charge on any atom is 0.153 e. The maximum absolute atomic E-state index is 4.07. The van der Waals surface area contributed by atoms with Crippen molar-refractivity contribution in [1.29, 1.82) is 0 Å². The summed E-state index contributed by atoms with van der Waals surface area (Å²) in [4.78, 5) is 5.22. The van der Waals surface area contributed by atoms with Crippen molar-refractivity contribution < 1.29 is 0 Å². The van der Waals surface area contributed by atoms with Crippen LogP contribution < -0.4 is 5.32 Å². The lowest BCUT2D eigenvalue weighted by molar-refractivity contribution is 0.602. The van der Waals surface area contributed by atoms with Crippen LogP contribution in [0.2, 0.25) is 0 Å². The van der Waals surface area contributed by atoms with Crippen LogP contribution in [0.1, 0.15) is 16.6 Å². The molecule has 1 unspecified atom stereocenters. The van der Waals surface area contributed by atoms with Crippen LogP contribution in [-0.2, 0) is 7.05 Å². The molecule has 1 atom stereocenters. The lowest BCUT2D eigenvalue weighted by Crippen LogP contribution is -2.20. The normalized spacial score (nSPS) is 13.0. The topological polar surface area (TPSA) is 55.6 Å². The Balaban J connectivity index is 2.44. The Labute approximate surface area is 99.7 Å². The first kappa shape index (κ1) is 10.7. The average molecular weight is 288 g/mol. The zero-order valence-electron chi connectivity index (χ0n) is 8.31. The quantitative estimate of drug-likeness (QED) is 0.926.